The van der Waals surface area contributed by atoms with Crippen molar-refractivity contribution >= 4 is 18.0 Å². The second-order valence-electron chi connectivity index (χ2n) is 8.62. The lowest BCUT2D eigenvalue weighted by Gasteiger charge is -2.21. The number of halogens is 2. The average molecular weight is 489 g/mol. The molecule has 0 fully saturated rings. The van der Waals surface area contributed by atoms with E-state index in [9.17, 15) is 23.2 Å². The Balaban J connectivity index is 1.57. The summed E-state index contributed by atoms with van der Waals surface area (Å²) in [5.74, 6) is -2.07. The van der Waals surface area contributed by atoms with Gasteiger partial charge in [0.1, 0.15) is 12.6 Å². The molecule has 0 aromatic heterocycles. The van der Waals surface area contributed by atoms with Crippen LogP contribution in [0, 0.1) is 0 Å². The summed E-state index contributed by atoms with van der Waals surface area (Å²) in [5, 5.41) is 13.6. The quantitative estimate of drug-likeness (QED) is 0.402. The third-order valence-electron chi connectivity index (χ3n) is 6.05. The van der Waals surface area contributed by atoms with Crippen molar-refractivity contribution in [2.24, 2.45) is 0 Å². The fourth-order valence-corrected chi connectivity index (χ4v) is 4.37. The van der Waals surface area contributed by atoms with Crippen LogP contribution < -0.4 is 10.6 Å². The zero-order chi connectivity index (χ0) is 25.4. The predicted molar refractivity (Wildman–Crippen MR) is 126 cm³/mol. The van der Waals surface area contributed by atoms with Crippen LogP contribution in [0.5, 0.6) is 0 Å². The van der Waals surface area contributed by atoms with Crippen LogP contribution in [0.15, 0.2) is 48.5 Å². The molecule has 0 bridgehead atoms. The van der Waals surface area contributed by atoms with Crippen LogP contribution in [0.3, 0.4) is 0 Å². The van der Waals surface area contributed by atoms with Gasteiger partial charge in [-0.3, -0.25) is 9.59 Å². The maximum Gasteiger partial charge on any atom is 0.407 e. The molecular weight excluding hydrogens is 458 g/mol. The molecule has 2 atom stereocenters. The lowest BCUT2D eigenvalue weighted by Crippen LogP contribution is -2.46. The van der Waals surface area contributed by atoms with E-state index < -0.39 is 42.9 Å². The Morgan fingerprint density at radius 1 is 0.971 bits per heavy atom. The molecule has 0 heterocycles. The van der Waals surface area contributed by atoms with Gasteiger partial charge in [0, 0.05) is 12.0 Å². The summed E-state index contributed by atoms with van der Waals surface area (Å²) < 4.78 is 32.4. The first-order valence-corrected chi connectivity index (χ1v) is 11.7. The first kappa shape index (κ1) is 26.1. The second-order valence-corrected chi connectivity index (χ2v) is 8.62. The number of carboxylic acids is 1. The molecule has 0 radical (unpaired) electrons. The second kappa shape index (κ2) is 12.3. The van der Waals surface area contributed by atoms with Gasteiger partial charge >= 0.3 is 12.1 Å². The number of unbranched alkanes of at least 4 members (excludes halogenated alkanes) is 1. The lowest BCUT2D eigenvalue weighted by atomic mass is 9.98. The minimum atomic E-state index is -3.00. The largest absolute Gasteiger partial charge is 0.481 e. The van der Waals surface area contributed by atoms with E-state index in [1.165, 1.54) is 0 Å². The van der Waals surface area contributed by atoms with Crippen molar-refractivity contribution in [2.45, 2.75) is 63.5 Å². The highest BCUT2D eigenvalue weighted by Crippen LogP contribution is 2.44. The Bertz CT molecular complexity index is 1000. The number of benzene rings is 2. The maximum atomic E-state index is 13.6. The van der Waals surface area contributed by atoms with E-state index >= 15 is 0 Å². The Morgan fingerprint density at radius 3 is 2.11 bits per heavy atom. The molecule has 188 valence electrons. The number of nitrogens with one attached hydrogen (secondary N) is 2. The minimum Gasteiger partial charge on any atom is -0.481 e. The number of carbonyl (C=O) groups is 3. The molecule has 7 nitrogen and oxygen atoms in total. The van der Waals surface area contributed by atoms with Crippen LogP contribution >= 0.6 is 0 Å². The third kappa shape index (κ3) is 7.00. The topological polar surface area (TPSA) is 105 Å². The first-order valence-electron chi connectivity index (χ1n) is 11.7. The van der Waals surface area contributed by atoms with E-state index in [2.05, 4.69) is 10.6 Å². The Hall–Kier alpha value is -3.49. The van der Waals surface area contributed by atoms with Gasteiger partial charge in [0.05, 0.1) is 12.8 Å². The zero-order valence-electron chi connectivity index (χ0n) is 19.5. The fourth-order valence-electron chi connectivity index (χ4n) is 4.37. The van der Waals surface area contributed by atoms with Crippen molar-refractivity contribution < 1.29 is 33.0 Å². The summed E-state index contributed by atoms with van der Waals surface area (Å²) in [6, 6.07) is 13.1. The van der Waals surface area contributed by atoms with Crippen molar-refractivity contribution in [1.29, 1.82) is 0 Å². The zero-order valence-corrected chi connectivity index (χ0v) is 19.5. The number of alkyl carbamates (subject to hydrolysis) is 1. The molecule has 0 saturated carbocycles. The number of carboxylic acid groups (broad SMARTS) is 1. The van der Waals surface area contributed by atoms with Crippen LogP contribution in [0.4, 0.5) is 13.6 Å². The highest BCUT2D eigenvalue weighted by Gasteiger charge is 2.31. The van der Waals surface area contributed by atoms with Crippen LogP contribution in [0.25, 0.3) is 11.1 Å². The van der Waals surface area contributed by atoms with E-state index in [-0.39, 0.29) is 18.9 Å². The van der Waals surface area contributed by atoms with Crippen molar-refractivity contribution in [3.05, 3.63) is 59.7 Å². The van der Waals surface area contributed by atoms with E-state index in [1.807, 2.05) is 55.5 Å². The summed E-state index contributed by atoms with van der Waals surface area (Å²) in [4.78, 5) is 35.7. The molecule has 2 amide bonds. The number of amides is 2. The Kier molecular flexibility index (Phi) is 9.17. The SMILES string of the molecule is CCCCC(CC(=O)O)NC(=O)CC(NC(=O)OCC1c2ccccc2-c2ccccc21)C(F)F. The van der Waals surface area contributed by atoms with Crippen LogP contribution in [0.1, 0.15) is 56.1 Å². The average Bonchev–Trinajstić information content (AvgIpc) is 3.14. The van der Waals surface area contributed by atoms with Crippen molar-refractivity contribution in [2.75, 3.05) is 6.61 Å². The summed E-state index contributed by atoms with van der Waals surface area (Å²) in [7, 11) is 0. The van der Waals surface area contributed by atoms with E-state index in [1.54, 1.807) is 0 Å². The summed E-state index contributed by atoms with van der Waals surface area (Å²) >= 11 is 0. The van der Waals surface area contributed by atoms with E-state index in [4.69, 9.17) is 9.84 Å². The molecule has 3 N–H and O–H groups in total. The minimum absolute atomic E-state index is 0.0419. The number of ether oxygens (including phenoxy) is 1. The molecule has 3 rings (SSSR count). The Labute approximate surface area is 202 Å². The number of fused-ring (bicyclic) bond motifs is 3. The van der Waals surface area contributed by atoms with Crippen molar-refractivity contribution in [3.8, 4) is 11.1 Å². The molecule has 1 aliphatic carbocycles. The van der Waals surface area contributed by atoms with Crippen LogP contribution in [-0.2, 0) is 14.3 Å². The molecule has 0 saturated heterocycles. The van der Waals surface area contributed by atoms with Crippen molar-refractivity contribution in [1.82, 2.24) is 10.6 Å². The van der Waals surface area contributed by atoms with Gasteiger partial charge in [-0.1, -0.05) is 68.3 Å². The number of hydrogen-bond donors (Lipinski definition) is 3. The van der Waals surface area contributed by atoms with Gasteiger partial charge in [0.2, 0.25) is 5.91 Å². The van der Waals surface area contributed by atoms with Gasteiger partial charge in [-0.2, -0.15) is 0 Å². The summed E-state index contributed by atoms with van der Waals surface area (Å²) in [6.07, 6.45) is -3.13. The monoisotopic (exact) mass is 488 g/mol. The van der Waals surface area contributed by atoms with Gasteiger partial charge in [0.15, 0.2) is 0 Å². The van der Waals surface area contributed by atoms with E-state index in [0.717, 1.165) is 28.7 Å². The molecule has 9 heteroatoms. The lowest BCUT2D eigenvalue weighted by molar-refractivity contribution is -0.137. The summed E-state index contributed by atoms with van der Waals surface area (Å²) in [5.41, 5.74) is 4.06. The summed E-state index contributed by atoms with van der Waals surface area (Å²) in [6.45, 7) is 1.88. The maximum absolute atomic E-state index is 13.6. The molecule has 1 aliphatic rings. The van der Waals surface area contributed by atoms with Gasteiger partial charge in [-0.15, -0.1) is 0 Å². The highest BCUT2D eigenvalue weighted by molar-refractivity contribution is 5.80. The van der Waals surface area contributed by atoms with Crippen LogP contribution in [0.2, 0.25) is 0 Å². The van der Waals surface area contributed by atoms with Crippen molar-refractivity contribution in [3.63, 3.8) is 0 Å². The molecular formula is C26H30F2N2O5. The number of alkyl halides is 2. The molecule has 0 aliphatic heterocycles. The molecule has 35 heavy (non-hydrogen) atoms. The third-order valence-corrected chi connectivity index (χ3v) is 6.05. The first-order chi connectivity index (χ1) is 16.8. The van der Waals surface area contributed by atoms with Gasteiger partial charge in [0.25, 0.3) is 6.43 Å². The number of rotatable bonds is 12. The van der Waals surface area contributed by atoms with Gasteiger partial charge in [-0.25, -0.2) is 13.6 Å². The number of aliphatic carboxylic acids is 1. The number of hydrogen-bond acceptors (Lipinski definition) is 4. The van der Waals surface area contributed by atoms with Crippen LogP contribution in [-0.4, -0.2) is 48.2 Å². The molecule has 2 unspecified atom stereocenters. The molecule has 2 aromatic rings. The highest BCUT2D eigenvalue weighted by atomic mass is 19.3. The number of carbonyl (C=O) groups excluding carboxylic acids is 2. The van der Waals surface area contributed by atoms with Gasteiger partial charge < -0.3 is 20.5 Å². The predicted octanol–water partition coefficient (Wildman–Crippen LogP) is 4.70. The van der Waals surface area contributed by atoms with Gasteiger partial charge in [-0.05, 0) is 28.7 Å². The normalized spacial score (nSPS) is 14.1. The smallest absolute Gasteiger partial charge is 0.407 e. The van der Waals surface area contributed by atoms with E-state index in [0.29, 0.717) is 12.8 Å². The standard InChI is InChI=1S/C26H30F2N2O5/c1-2-3-8-16(13-24(32)33)29-23(31)14-22(25(27)28)30-26(34)35-15-21-19-11-6-4-9-17(19)18-10-5-7-12-20(18)21/h4-7,9-12,16,21-22,25H,2-3,8,13-15H2,1H3,(H,29,31)(H,30,34)(H,32,33). The molecule has 2 aromatic carbocycles. The molecule has 0 spiro atoms. The Morgan fingerprint density at radius 2 is 1.57 bits per heavy atom. The fraction of sp³-hybridized carbons (Fsp3) is 0.423.